The number of aryl methyl sites for hydroxylation is 1. The molecule has 0 unspecified atom stereocenters. The Morgan fingerprint density at radius 2 is 1.70 bits per heavy atom. The van der Waals surface area contributed by atoms with Gasteiger partial charge < -0.3 is 34.6 Å². The molecule has 1 aliphatic heterocycles. The highest BCUT2D eigenvalue weighted by Gasteiger charge is 2.32. The third-order valence-corrected chi connectivity index (χ3v) is 8.72. The fourth-order valence-electron chi connectivity index (χ4n) is 6.40. The predicted molar refractivity (Wildman–Crippen MR) is 178 cm³/mol. The van der Waals surface area contributed by atoms with Crippen LogP contribution in [0.2, 0.25) is 0 Å². The van der Waals surface area contributed by atoms with Crippen LogP contribution in [-0.2, 0) is 16.0 Å². The number of hydrogen-bond donors (Lipinski definition) is 2. The second-order valence-electron chi connectivity index (χ2n) is 12.0. The second kappa shape index (κ2) is 14.1. The third kappa shape index (κ3) is 6.59. The van der Waals surface area contributed by atoms with E-state index in [9.17, 15) is 14.4 Å². The largest absolute Gasteiger partial charge is 0.493 e. The summed E-state index contributed by atoms with van der Waals surface area (Å²) in [5.74, 6) is 2.01. The summed E-state index contributed by atoms with van der Waals surface area (Å²) >= 11 is 0. The van der Waals surface area contributed by atoms with Gasteiger partial charge in [-0.15, -0.1) is 0 Å². The van der Waals surface area contributed by atoms with Gasteiger partial charge in [0.1, 0.15) is 11.9 Å². The van der Waals surface area contributed by atoms with Crippen molar-refractivity contribution in [2.45, 2.75) is 45.7 Å². The molecule has 0 radical (unpaired) electrons. The zero-order valence-electron chi connectivity index (χ0n) is 27.4. The molecule has 2 N–H and O–H groups in total. The zero-order chi connectivity index (χ0) is 33.0. The number of nitrogens with one attached hydrogen (secondary N) is 2. The van der Waals surface area contributed by atoms with Crippen molar-refractivity contribution in [1.29, 1.82) is 0 Å². The van der Waals surface area contributed by atoms with Crippen molar-refractivity contribution in [3.05, 3.63) is 70.0 Å². The van der Waals surface area contributed by atoms with Gasteiger partial charge in [-0.3, -0.25) is 14.4 Å². The maximum Gasteiger partial charge on any atom is 0.245 e. The van der Waals surface area contributed by atoms with Gasteiger partial charge in [-0.05, 0) is 65.8 Å². The van der Waals surface area contributed by atoms with Crippen LogP contribution >= 0.6 is 0 Å². The van der Waals surface area contributed by atoms with E-state index in [4.69, 9.17) is 14.2 Å². The number of anilines is 2. The molecule has 2 amide bonds. The van der Waals surface area contributed by atoms with Gasteiger partial charge in [0.2, 0.25) is 23.0 Å². The molecule has 3 aromatic rings. The first-order valence-corrected chi connectivity index (χ1v) is 15.7. The smallest absolute Gasteiger partial charge is 0.245 e. The van der Waals surface area contributed by atoms with Crippen molar-refractivity contribution < 1.29 is 23.8 Å². The van der Waals surface area contributed by atoms with Gasteiger partial charge in [-0.2, -0.15) is 0 Å². The van der Waals surface area contributed by atoms with Crippen LogP contribution in [0.1, 0.15) is 44.4 Å². The third-order valence-electron chi connectivity index (χ3n) is 8.72. The Hall–Kier alpha value is -4.80. The highest BCUT2D eigenvalue weighted by molar-refractivity contribution is 5.86. The maximum atomic E-state index is 13.9. The van der Waals surface area contributed by atoms with Crippen molar-refractivity contribution in [2.24, 2.45) is 5.92 Å². The molecule has 2 heterocycles. The van der Waals surface area contributed by atoms with E-state index in [0.717, 1.165) is 22.5 Å². The van der Waals surface area contributed by atoms with Crippen LogP contribution in [0, 0.1) is 5.92 Å². The fraction of sp³-hybridized carbons (Fsp3) is 0.429. The van der Waals surface area contributed by atoms with Gasteiger partial charge in [-0.1, -0.05) is 26.0 Å². The number of piperazine rings is 1. The summed E-state index contributed by atoms with van der Waals surface area (Å²) in [6.45, 7) is 7.86. The number of nitrogens with zero attached hydrogens (tertiary/aromatic N) is 3. The minimum atomic E-state index is -0.617. The molecule has 2 aliphatic rings. The van der Waals surface area contributed by atoms with Crippen molar-refractivity contribution in [1.82, 2.24) is 15.2 Å². The summed E-state index contributed by atoms with van der Waals surface area (Å²) in [5.41, 5.74) is 3.12. The molecule has 0 spiro atoms. The van der Waals surface area contributed by atoms with E-state index < -0.39 is 12.1 Å². The number of ether oxygens (including phenoxy) is 3. The van der Waals surface area contributed by atoms with Crippen LogP contribution in [0.5, 0.6) is 17.2 Å². The van der Waals surface area contributed by atoms with Gasteiger partial charge in [0.25, 0.3) is 0 Å². The van der Waals surface area contributed by atoms with Gasteiger partial charge in [0, 0.05) is 44.9 Å². The molecule has 11 nitrogen and oxygen atoms in total. The molecule has 1 saturated heterocycles. The van der Waals surface area contributed by atoms with Crippen LogP contribution in [0.4, 0.5) is 11.5 Å². The number of benzene rings is 1. The summed E-state index contributed by atoms with van der Waals surface area (Å²) in [6.07, 6.45) is 2.93. The lowest BCUT2D eigenvalue weighted by atomic mass is 9.95. The summed E-state index contributed by atoms with van der Waals surface area (Å²) in [7, 11) is 4.69. The highest BCUT2D eigenvalue weighted by Crippen LogP contribution is 2.50. The van der Waals surface area contributed by atoms with Crippen molar-refractivity contribution in [3.8, 4) is 28.4 Å². The minimum absolute atomic E-state index is 0.0527. The second-order valence-corrected chi connectivity index (χ2v) is 12.0. The predicted octanol–water partition coefficient (Wildman–Crippen LogP) is 4.04. The lowest BCUT2D eigenvalue weighted by Crippen LogP contribution is -2.54. The van der Waals surface area contributed by atoms with Gasteiger partial charge in [0.15, 0.2) is 11.5 Å². The lowest BCUT2D eigenvalue weighted by molar-refractivity contribution is -0.133. The first-order valence-electron chi connectivity index (χ1n) is 15.7. The number of methoxy groups -OCH3 is 3. The number of aromatic nitrogens is 1. The van der Waals surface area contributed by atoms with E-state index in [-0.39, 0.29) is 23.2 Å². The Morgan fingerprint density at radius 1 is 0.957 bits per heavy atom. The Morgan fingerprint density at radius 3 is 2.30 bits per heavy atom. The first kappa shape index (κ1) is 32.6. The average Bonchev–Trinajstić information content (AvgIpc) is 3.30. The number of pyridine rings is 1. The summed E-state index contributed by atoms with van der Waals surface area (Å²) in [5, 5.41) is 6.33. The van der Waals surface area contributed by atoms with E-state index in [1.165, 1.54) is 6.92 Å². The Balaban J connectivity index is 1.51. The summed E-state index contributed by atoms with van der Waals surface area (Å²) < 4.78 is 17.2. The minimum Gasteiger partial charge on any atom is -0.493 e. The molecule has 244 valence electrons. The average molecular weight is 630 g/mol. The number of fused-ring (bicyclic) bond motifs is 3. The summed E-state index contributed by atoms with van der Waals surface area (Å²) in [4.78, 5) is 48.5. The number of hydrogen-bond acceptors (Lipinski definition) is 9. The Kier molecular flexibility index (Phi) is 9.99. The maximum absolute atomic E-state index is 13.9. The van der Waals surface area contributed by atoms with Crippen molar-refractivity contribution >= 4 is 23.3 Å². The SMILES string of the molecule is COc1cc2c(c(OC)c1OC)-c1ccc(N[C@@H](C(=O)N3CCN(c4ccccn4)CC3)C(C)C)c(=O)cc1[C@H](NC(C)=O)CC2. The first-order chi connectivity index (χ1) is 22.2. The van der Waals surface area contributed by atoms with Crippen molar-refractivity contribution in [3.63, 3.8) is 0 Å². The molecule has 1 fully saturated rings. The van der Waals surface area contributed by atoms with Crippen molar-refractivity contribution in [2.75, 3.05) is 57.7 Å². The Bertz CT molecular complexity index is 1640. The van der Waals surface area contributed by atoms with E-state index in [2.05, 4.69) is 20.5 Å². The number of rotatable bonds is 9. The molecule has 1 aromatic heterocycles. The van der Waals surface area contributed by atoms with Crippen LogP contribution < -0.4 is 35.2 Å². The van der Waals surface area contributed by atoms with E-state index in [1.54, 1.807) is 39.7 Å². The van der Waals surface area contributed by atoms with Crippen LogP contribution in [-0.4, -0.2) is 75.2 Å². The normalized spacial score (nSPS) is 16.5. The topological polar surface area (TPSA) is 122 Å². The molecular formula is C35H43N5O6. The molecule has 46 heavy (non-hydrogen) atoms. The van der Waals surface area contributed by atoms with Gasteiger partial charge >= 0.3 is 0 Å². The molecule has 11 heteroatoms. The van der Waals surface area contributed by atoms with Crippen LogP contribution in [0.25, 0.3) is 11.1 Å². The molecule has 2 atom stereocenters. The molecule has 0 bridgehead atoms. The van der Waals surface area contributed by atoms with E-state index in [1.807, 2.05) is 49.1 Å². The quantitative estimate of drug-likeness (QED) is 0.361. The molecule has 5 rings (SSSR count). The Labute approximate surface area is 269 Å². The van der Waals surface area contributed by atoms with Crippen LogP contribution in [0.3, 0.4) is 0 Å². The number of carbonyl (C=O) groups excluding carboxylic acids is 2. The monoisotopic (exact) mass is 629 g/mol. The molecule has 2 aromatic carbocycles. The molecule has 0 saturated carbocycles. The number of amides is 2. The van der Waals surface area contributed by atoms with Gasteiger partial charge in [0.05, 0.1) is 33.1 Å². The lowest BCUT2D eigenvalue weighted by Gasteiger charge is -2.37. The van der Waals surface area contributed by atoms with E-state index >= 15 is 0 Å². The summed E-state index contributed by atoms with van der Waals surface area (Å²) in [6, 6.07) is 11.8. The fourth-order valence-corrected chi connectivity index (χ4v) is 6.40. The standard InChI is InChI=1S/C35H43N5O6/c1-21(2)32(35(43)40-17-15-39(16-18-40)30-9-7-8-14-36-30)38-27-13-11-24-25(20-28(27)42)26(37-22(3)41)12-10-23-19-29(44-4)33(45-5)34(46-6)31(23)24/h7-9,11,13-14,19-21,26,32H,10,12,15-18H2,1-6H3,(H,37,41)(H,38,42)/t26-,32-/m1/s1. The number of carbonyl (C=O) groups is 2. The highest BCUT2D eigenvalue weighted by atomic mass is 16.5. The van der Waals surface area contributed by atoms with E-state index in [0.29, 0.717) is 67.5 Å². The molecular weight excluding hydrogens is 586 g/mol. The van der Waals surface area contributed by atoms with Crippen LogP contribution in [0.15, 0.2) is 53.5 Å². The molecule has 1 aliphatic carbocycles. The zero-order valence-corrected chi connectivity index (χ0v) is 27.4. The van der Waals surface area contributed by atoms with Gasteiger partial charge in [-0.25, -0.2) is 4.98 Å².